The summed E-state index contributed by atoms with van der Waals surface area (Å²) in [6, 6.07) is -0.337. The van der Waals surface area contributed by atoms with Crippen LogP contribution in [-0.2, 0) is 14.3 Å². The molecule has 5 heteroatoms. The van der Waals surface area contributed by atoms with E-state index < -0.39 is 0 Å². The molecule has 1 heterocycles. The quantitative estimate of drug-likeness (QED) is 0.561. The van der Waals surface area contributed by atoms with Crippen molar-refractivity contribution in [3.8, 4) is 0 Å². The number of hydrogen-bond acceptors (Lipinski definition) is 4. The third-order valence-electron chi connectivity index (χ3n) is 2.16. The summed E-state index contributed by atoms with van der Waals surface area (Å²) in [7, 11) is 1.35. The predicted molar refractivity (Wildman–Crippen MR) is 46.1 cm³/mol. The zero-order valence-corrected chi connectivity index (χ0v) is 7.87. The maximum atomic E-state index is 11.1. The van der Waals surface area contributed by atoms with Crippen molar-refractivity contribution in [1.82, 2.24) is 10.2 Å². The number of amides is 1. The lowest BCUT2D eigenvalue weighted by Crippen LogP contribution is -2.53. The average molecular weight is 186 g/mol. The molecule has 0 aliphatic carbocycles. The van der Waals surface area contributed by atoms with Gasteiger partial charge in [0.25, 0.3) is 0 Å². The molecule has 1 unspecified atom stereocenters. The molecule has 0 aromatic heterocycles. The van der Waals surface area contributed by atoms with Crippen LogP contribution in [-0.4, -0.2) is 49.6 Å². The van der Waals surface area contributed by atoms with Crippen LogP contribution < -0.4 is 5.32 Å². The lowest BCUT2D eigenvalue weighted by Gasteiger charge is -2.30. The van der Waals surface area contributed by atoms with Gasteiger partial charge < -0.3 is 10.1 Å². The number of nitrogens with zero attached hydrogens (tertiary/aromatic N) is 1. The Bertz CT molecular complexity index is 217. The highest BCUT2D eigenvalue weighted by atomic mass is 16.5. The normalized spacial score (nSPS) is 20.6. The molecule has 0 saturated carbocycles. The van der Waals surface area contributed by atoms with E-state index >= 15 is 0 Å². The fraction of sp³-hybridized carbons (Fsp3) is 0.750. The average Bonchev–Trinajstić information content (AvgIpc) is 2.15. The van der Waals surface area contributed by atoms with E-state index in [0.29, 0.717) is 13.1 Å². The summed E-state index contributed by atoms with van der Waals surface area (Å²) in [5.74, 6) is -0.336. The van der Waals surface area contributed by atoms with Gasteiger partial charge in [0.15, 0.2) is 0 Å². The molecule has 1 atom stereocenters. The van der Waals surface area contributed by atoms with E-state index in [1.807, 2.05) is 0 Å². The molecule has 1 rings (SSSR count). The number of methoxy groups -OCH3 is 1. The Morgan fingerprint density at radius 1 is 1.69 bits per heavy atom. The van der Waals surface area contributed by atoms with Gasteiger partial charge in [0.1, 0.15) is 6.04 Å². The lowest BCUT2D eigenvalue weighted by atomic mass is 10.2. The highest BCUT2D eigenvalue weighted by molar-refractivity contribution is 5.81. The predicted octanol–water partition coefficient (Wildman–Crippen LogP) is -1.02. The summed E-state index contributed by atoms with van der Waals surface area (Å²) in [4.78, 5) is 23.9. The van der Waals surface area contributed by atoms with E-state index in [4.69, 9.17) is 0 Å². The van der Waals surface area contributed by atoms with Gasteiger partial charge >= 0.3 is 5.97 Å². The number of piperazine rings is 1. The number of hydrogen-bond donors (Lipinski definition) is 1. The minimum Gasteiger partial charge on any atom is -0.468 e. The summed E-state index contributed by atoms with van der Waals surface area (Å²) in [5, 5.41) is 2.69. The van der Waals surface area contributed by atoms with Gasteiger partial charge in [0, 0.05) is 13.1 Å². The molecule has 5 nitrogen and oxygen atoms in total. The van der Waals surface area contributed by atoms with Gasteiger partial charge in [-0.3, -0.25) is 14.5 Å². The first kappa shape index (κ1) is 9.98. The smallest absolute Gasteiger partial charge is 0.322 e. The van der Waals surface area contributed by atoms with Crippen molar-refractivity contribution in [2.24, 2.45) is 0 Å². The molecule has 74 valence electrons. The van der Waals surface area contributed by atoms with Crippen molar-refractivity contribution >= 4 is 11.9 Å². The van der Waals surface area contributed by atoms with Crippen LogP contribution in [0, 0.1) is 0 Å². The van der Waals surface area contributed by atoms with Crippen LogP contribution >= 0.6 is 0 Å². The van der Waals surface area contributed by atoms with E-state index in [9.17, 15) is 9.59 Å². The zero-order chi connectivity index (χ0) is 9.84. The second-order valence-corrected chi connectivity index (χ2v) is 3.02. The Labute approximate surface area is 77.0 Å². The van der Waals surface area contributed by atoms with E-state index in [1.165, 1.54) is 7.11 Å². The first-order valence-electron chi connectivity index (χ1n) is 4.23. The Morgan fingerprint density at radius 3 is 2.92 bits per heavy atom. The van der Waals surface area contributed by atoms with Gasteiger partial charge in [-0.2, -0.15) is 0 Å². The van der Waals surface area contributed by atoms with Gasteiger partial charge in [-0.15, -0.1) is 0 Å². The van der Waals surface area contributed by atoms with E-state index in [1.54, 1.807) is 11.8 Å². The molecule has 0 aromatic carbocycles. The molecule has 1 N–H and O–H groups in total. The number of esters is 1. The molecular formula is C8H14N2O3. The Balaban J connectivity index is 2.50. The molecule has 1 aliphatic heterocycles. The molecule has 1 saturated heterocycles. The van der Waals surface area contributed by atoms with Gasteiger partial charge in [0.2, 0.25) is 5.91 Å². The van der Waals surface area contributed by atoms with Crippen LogP contribution in [0.15, 0.2) is 0 Å². The molecule has 13 heavy (non-hydrogen) atoms. The summed E-state index contributed by atoms with van der Waals surface area (Å²) < 4.78 is 4.59. The van der Waals surface area contributed by atoms with Crippen LogP contribution in [0.2, 0.25) is 0 Å². The maximum Gasteiger partial charge on any atom is 0.322 e. The molecule has 1 amide bonds. The Hall–Kier alpha value is -1.10. The molecule has 1 fully saturated rings. The molecule has 1 aliphatic rings. The van der Waals surface area contributed by atoms with Gasteiger partial charge in [-0.05, 0) is 6.92 Å². The van der Waals surface area contributed by atoms with Gasteiger partial charge in [-0.1, -0.05) is 0 Å². The van der Waals surface area contributed by atoms with Crippen LogP contribution in [0.4, 0.5) is 0 Å². The Morgan fingerprint density at radius 2 is 2.38 bits per heavy atom. The number of ether oxygens (including phenoxy) is 1. The van der Waals surface area contributed by atoms with Crippen LogP contribution in [0.25, 0.3) is 0 Å². The fourth-order valence-electron chi connectivity index (χ4n) is 1.31. The van der Waals surface area contributed by atoms with E-state index in [2.05, 4.69) is 10.1 Å². The second kappa shape index (κ2) is 4.23. The number of carbonyl (C=O) groups excluding carboxylic acids is 2. The van der Waals surface area contributed by atoms with E-state index in [0.717, 1.165) is 0 Å². The van der Waals surface area contributed by atoms with Crippen molar-refractivity contribution < 1.29 is 14.3 Å². The van der Waals surface area contributed by atoms with Crippen molar-refractivity contribution in [1.29, 1.82) is 0 Å². The van der Waals surface area contributed by atoms with Gasteiger partial charge in [-0.25, -0.2) is 0 Å². The molecule has 0 spiro atoms. The number of rotatable bonds is 2. The molecule has 0 aromatic rings. The van der Waals surface area contributed by atoms with Crippen LogP contribution in [0.1, 0.15) is 6.92 Å². The standard InChI is InChI=1S/C8H14N2O3/c1-6(8(12)13-2)10-4-3-9-7(11)5-10/h6H,3-5H2,1-2H3,(H,9,11). The topological polar surface area (TPSA) is 58.6 Å². The second-order valence-electron chi connectivity index (χ2n) is 3.02. The van der Waals surface area contributed by atoms with E-state index in [-0.39, 0.29) is 24.5 Å². The first-order valence-corrected chi connectivity index (χ1v) is 4.23. The first-order chi connectivity index (χ1) is 6.15. The highest BCUT2D eigenvalue weighted by Crippen LogP contribution is 2.02. The van der Waals surface area contributed by atoms with Crippen LogP contribution in [0.5, 0.6) is 0 Å². The highest BCUT2D eigenvalue weighted by Gasteiger charge is 2.26. The maximum absolute atomic E-state index is 11.1. The van der Waals surface area contributed by atoms with Crippen molar-refractivity contribution in [3.05, 3.63) is 0 Å². The summed E-state index contributed by atoms with van der Waals surface area (Å²) in [6.45, 7) is 3.31. The largest absolute Gasteiger partial charge is 0.468 e. The monoisotopic (exact) mass is 186 g/mol. The SMILES string of the molecule is COC(=O)C(C)N1CCNC(=O)C1. The van der Waals surface area contributed by atoms with Crippen LogP contribution in [0.3, 0.4) is 0 Å². The minimum absolute atomic E-state index is 0.0398. The summed E-state index contributed by atoms with van der Waals surface area (Å²) >= 11 is 0. The molecule has 0 radical (unpaired) electrons. The van der Waals surface area contributed by atoms with Crippen molar-refractivity contribution in [3.63, 3.8) is 0 Å². The fourth-order valence-corrected chi connectivity index (χ4v) is 1.31. The van der Waals surface area contributed by atoms with Gasteiger partial charge in [0.05, 0.1) is 13.7 Å². The van der Waals surface area contributed by atoms with Crippen molar-refractivity contribution in [2.75, 3.05) is 26.7 Å². The zero-order valence-electron chi connectivity index (χ0n) is 7.87. The molecular weight excluding hydrogens is 172 g/mol. The number of nitrogens with one attached hydrogen (secondary N) is 1. The minimum atomic E-state index is -0.337. The van der Waals surface area contributed by atoms with Crippen molar-refractivity contribution in [2.45, 2.75) is 13.0 Å². The summed E-state index contributed by atoms with van der Waals surface area (Å²) in [6.07, 6.45) is 0. The lowest BCUT2D eigenvalue weighted by molar-refractivity contribution is -0.147. The third kappa shape index (κ3) is 2.42. The molecule has 0 bridgehead atoms. The Kier molecular flexibility index (Phi) is 3.25. The number of carbonyl (C=O) groups is 2. The third-order valence-corrected chi connectivity index (χ3v) is 2.16. The summed E-state index contributed by atoms with van der Waals surface area (Å²) in [5.41, 5.74) is 0.